The minimum Gasteiger partial charge on any atom is -0.228 e. The van der Waals surface area contributed by atoms with E-state index in [0.717, 1.165) is 16.5 Å². The second-order valence-corrected chi connectivity index (χ2v) is 4.73. The first-order chi connectivity index (χ1) is 6.11. The molecule has 0 aliphatic heterocycles. The highest BCUT2D eigenvalue weighted by Gasteiger charge is 2.05. The number of hydrogen-bond donors (Lipinski definition) is 0. The highest BCUT2D eigenvalue weighted by Crippen LogP contribution is 2.20. The number of nitrogens with zero attached hydrogens (tertiary/aromatic N) is 2. The number of rotatable bonds is 3. The number of thioether (sulfide) groups is 1. The fourth-order valence-corrected chi connectivity index (χ4v) is 1.96. The number of aryl methyl sites for hydroxylation is 2. The van der Waals surface area contributed by atoms with Crippen LogP contribution in [0.2, 0.25) is 0 Å². The first kappa shape index (κ1) is 10.8. The van der Waals surface area contributed by atoms with Gasteiger partial charge in [-0.1, -0.05) is 18.7 Å². The molecule has 0 spiro atoms. The van der Waals surface area contributed by atoms with Gasteiger partial charge in [-0.25, -0.2) is 9.97 Å². The summed E-state index contributed by atoms with van der Waals surface area (Å²) in [5, 5.41) is 1.19. The minimum atomic E-state index is 0.364. The molecule has 2 nitrogen and oxygen atoms in total. The highest BCUT2D eigenvalue weighted by molar-refractivity contribution is 7.99. The predicted octanol–water partition coefficient (Wildman–Crippen LogP) is 2.81. The maximum absolute atomic E-state index is 5.71. The Hall–Kier alpha value is -0.280. The Balaban J connectivity index is 2.77. The average molecular weight is 217 g/mol. The van der Waals surface area contributed by atoms with Crippen molar-refractivity contribution in [2.45, 2.75) is 31.2 Å². The van der Waals surface area contributed by atoms with Crippen LogP contribution < -0.4 is 0 Å². The van der Waals surface area contributed by atoms with Gasteiger partial charge in [0.25, 0.3) is 0 Å². The quantitative estimate of drug-likeness (QED) is 0.442. The second kappa shape index (κ2) is 4.82. The van der Waals surface area contributed by atoms with E-state index in [1.807, 2.05) is 19.9 Å². The van der Waals surface area contributed by atoms with Crippen LogP contribution in [0.1, 0.15) is 18.3 Å². The summed E-state index contributed by atoms with van der Waals surface area (Å²) in [6, 6.07) is 1.97. The Bertz CT molecular complexity index is 271. The van der Waals surface area contributed by atoms with Crippen molar-refractivity contribution in [1.29, 1.82) is 0 Å². The number of alkyl halides is 1. The van der Waals surface area contributed by atoms with E-state index >= 15 is 0 Å². The fourth-order valence-electron chi connectivity index (χ4n) is 0.958. The lowest BCUT2D eigenvalue weighted by molar-refractivity contribution is 0.896. The van der Waals surface area contributed by atoms with Gasteiger partial charge in [0, 0.05) is 22.5 Å². The van der Waals surface area contributed by atoms with Crippen LogP contribution in [0, 0.1) is 13.8 Å². The van der Waals surface area contributed by atoms with Crippen LogP contribution in [0.4, 0.5) is 0 Å². The zero-order valence-corrected chi connectivity index (χ0v) is 9.61. The standard InChI is InChI=1S/C9H13ClN2S/c1-6-4-7(2)12-9(11-6)13-8(3)5-10/h4,8H,5H2,1-3H3. The van der Waals surface area contributed by atoms with Crippen molar-refractivity contribution < 1.29 is 0 Å². The number of halogens is 1. The molecule has 0 aromatic carbocycles. The molecule has 0 N–H and O–H groups in total. The van der Waals surface area contributed by atoms with Crippen molar-refractivity contribution in [2.75, 3.05) is 5.88 Å². The van der Waals surface area contributed by atoms with Crippen LogP contribution >= 0.6 is 23.4 Å². The number of aromatic nitrogens is 2. The molecule has 1 unspecified atom stereocenters. The maximum Gasteiger partial charge on any atom is 0.188 e. The van der Waals surface area contributed by atoms with Crippen LogP contribution in [0.15, 0.2) is 11.2 Å². The lowest BCUT2D eigenvalue weighted by atomic mass is 10.4. The molecule has 1 aromatic heterocycles. The molecular weight excluding hydrogens is 204 g/mol. The molecule has 4 heteroatoms. The molecule has 0 bridgehead atoms. The van der Waals surface area contributed by atoms with E-state index in [1.54, 1.807) is 11.8 Å². The van der Waals surface area contributed by atoms with E-state index in [0.29, 0.717) is 11.1 Å². The van der Waals surface area contributed by atoms with Crippen LogP contribution in [-0.4, -0.2) is 21.1 Å². The highest BCUT2D eigenvalue weighted by atomic mass is 35.5. The molecule has 0 aliphatic carbocycles. The summed E-state index contributed by atoms with van der Waals surface area (Å²) in [7, 11) is 0. The van der Waals surface area contributed by atoms with Crippen molar-refractivity contribution in [2.24, 2.45) is 0 Å². The molecule has 1 rings (SSSR count). The zero-order chi connectivity index (χ0) is 9.84. The molecule has 0 saturated carbocycles. The topological polar surface area (TPSA) is 25.8 Å². The van der Waals surface area contributed by atoms with Gasteiger partial charge in [0.15, 0.2) is 5.16 Å². The van der Waals surface area contributed by atoms with E-state index in [1.165, 1.54) is 0 Å². The summed E-state index contributed by atoms with van der Waals surface area (Å²) in [5.41, 5.74) is 2.02. The molecule has 72 valence electrons. The first-order valence-corrected chi connectivity index (χ1v) is 5.58. The van der Waals surface area contributed by atoms with Crippen molar-refractivity contribution in [3.05, 3.63) is 17.5 Å². The molecule has 0 aliphatic rings. The average Bonchev–Trinajstić information content (AvgIpc) is 2.02. The summed E-state index contributed by atoms with van der Waals surface area (Å²) in [6.45, 7) is 6.02. The Labute approximate surface area is 88.1 Å². The van der Waals surface area contributed by atoms with Crippen molar-refractivity contribution in [1.82, 2.24) is 9.97 Å². The van der Waals surface area contributed by atoms with Gasteiger partial charge in [-0.05, 0) is 19.9 Å². The fraction of sp³-hybridized carbons (Fsp3) is 0.556. The third kappa shape index (κ3) is 3.53. The molecule has 1 heterocycles. The lowest BCUT2D eigenvalue weighted by Crippen LogP contribution is -2.00. The summed E-state index contributed by atoms with van der Waals surface area (Å²) in [5.74, 6) is 0.626. The SMILES string of the molecule is Cc1cc(C)nc(SC(C)CCl)n1. The lowest BCUT2D eigenvalue weighted by Gasteiger charge is -2.06. The monoisotopic (exact) mass is 216 g/mol. The molecule has 0 radical (unpaired) electrons. The Morgan fingerprint density at radius 1 is 1.38 bits per heavy atom. The van der Waals surface area contributed by atoms with Gasteiger partial charge in [-0.3, -0.25) is 0 Å². The Morgan fingerprint density at radius 3 is 2.38 bits per heavy atom. The number of hydrogen-bond acceptors (Lipinski definition) is 3. The van der Waals surface area contributed by atoms with Gasteiger partial charge in [0.1, 0.15) is 0 Å². The van der Waals surface area contributed by atoms with Gasteiger partial charge < -0.3 is 0 Å². The van der Waals surface area contributed by atoms with Gasteiger partial charge in [0.05, 0.1) is 0 Å². The smallest absolute Gasteiger partial charge is 0.188 e. The first-order valence-electron chi connectivity index (χ1n) is 4.16. The van der Waals surface area contributed by atoms with Gasteiger partial charge >= 0.3 is 0 Å². The Kier molecular flexibility index (Phi) is 4.00. The molecule has 1 atom stereocenters. The Morgan fingerprint density at radius 2 is 1.92 bits per heavy atom. The second-order valence-electron chi connectivity index (χ2n) is 3.02. The van der Waals surface area contributed by atoms with Crippen LogP contribution in [-0.2, 0) is 0 Å². The molecule has 0 saturated heterocycles. The van der Waals surface area contributed by atoms with E-state index in [4.69, 9.17) is 11.6 Å². The molecule has 13 heavy (non-hydrogen) atoms. The van der Waals surface area contributed by atoms with Crippen LogP contribution in [0.5, 0.6) is 0 Å². The third-order valence-corrected chi connectivity index (χ3v) is 3.09. The zero-order valence-electron chi connectivity index (χ0n) is 8.04. The minimum absolute atomic E-state index is 0.364. The summed E-state index contributed by atoms with van der Waals surface area (Å²) in [6.07, 6.45) is 0. The van der Waals surface area contributed by atoms with Gasteiger partial charge in [-0.2, -0.15) is 0 Å². The maximum atomic E-state index is 5.71. The van der Waals surface area contributed by atoms with Gasteiger partial charge in [-0.15, -0.1) is 11.6 Å². The van der Waals surface area contributed by atoms with E-state index in [-0.39, 0.29) is 0 Å². The summed E-state index contributed by atoms with van der Waals surface area (Å²) in [4.78, 5) is 8.63. The summed E-state index contributed by atoms with van der Waals surface area (Å²) >= 11 is 7.32. The van der Waals surface area contributed by atoms with Crippen LogP contribution in [0.25, 0.3) is 0 Å². The normalized spacial score (nSPS) is 12.9. The van der Waals surface area contributed by atoms with E-state index in [9.17, 15) is 0 Å². The molecule has 1 aromatic rings. The predicted molar refractivity (Wildman–Crippen MR) is 57.5 cm³/mol. The van der Waals surface area contributed by atoms with Crippen LogP contribution in [0.3, 0.4) is 0 Å². The van der Waals surface area contributed by atoms with Crippen molar-refractivity contribution in [3.8, 4) is 0 Å². The van der Waals surface area contributed by atoms with E-state index in [2.05, 4.69) is 16.9 Å². The van der Waals surface area contributed by atoms with Crippen molar-refractivity contribution in [3.63, 3.8) is 0 Å². The van der Waals surface area contributed by atoms with E-state index < -0.39 is 0 Å². The van der Waals surface area contributed by atoms with Gasteiger partial charge in [0.2, 0.25) is 0 Å². The van der Waals surface area contributed by atoms with Crippen molar-refractivity contribution >= 4 is 23.4 Å². The molecule has 0 amide bonds. The summed E-state index contributed by atoms with van der Waals surface area (Å²) < 4.78 is 0. The third-order valence-electron chi connectivity index (χ3n) is 1.49. The largest absolute Gasteiger partial charge is 0.228 e. The molecular formula is C9H13ClN2S. The molecule has 0 fully saturated rings.